The number of hydrogen-bond acceptors (Lipinski definition) is 7. The van der Waals surface area contributed by atoms with Crippen LogP contribution in [0.15, 0.2) is 95.5 Å². The molecule has 8 heteroatoms. The van der Waals surface area contributed by atoms with Crippen molar-refractivity contribution in [2.24, 2.45) is 0 Å². The fraction of sp³-hybridized carbons (Fsp3) is 0.0741. The molecular formula is C27H21N5OS2. The van der Waals surface area contributed by atoms with Gasteiger partial charge in [-0.25, -0.2) is 9.97 Å². The minimum atomic E-state index is -0.170. The van der Waals surface area contributed by atoms with Crippen LogP contribution in [0, 0.1) is 6.92 Å². The van der Waals surface area contributed by atoms with E-state index in [2.05, 4.69) is 20.5 Å². The van der Waals surface area contributed by atoms with E-state index in [0.717, 1.165) is 28.1 Å². The van der Waals surface area contributed by atoms with Crippen LogP contribution in [0.5, 0.6) is 0 Å². The first-order chi connectivity index (χ1) is 17.2. The van der Waals surface area contributed by atoms with Gasteiger partial charge >= 0.3 is 0 Å². The van der Waals surface area contributed by atoms with Gasteiger partial charge in [-0.3, -0.25) is 4.79 Å². The number of thiazole rings is 1. The number of amides is 1. The Balaban J connectivity index is 1.29. The minimum absolute atomic E-state index is 0.153. The van der Waals surface area contributed by atoms with Crippen LogP contribution in [0.2, 0.25) is 0 Å². The molecule has 5 aromatic rings. The lowest BCUT2D eigenvalue weighted by Gasteiger charge is -2.09. The lowest BCUT2D eigenvalue weighted by Crippen LogP contribution is -2.14. The number of aryl methyl sites for hydroxylation is 1. The van der Waals surface area contributed by atoms with Crippen molar-refractivity contribution < 1.29 is 4.79 Å². The van der Waals surface area contributed by atoms with Gasteiger partial charge in [0.2, 0.25) is 11.1 Å². The SMILES string of the molecule is Cc1ccc(-c2csc(NC(=O)CSc3nnc(-c4ccccc4)c(-c4ccccc4)n3)n2)cc1. The molecule has 2 aromatic heterocycles. The molecule has 172 valence electrons. The van der Waals surface area contributed by atoms with Gasteiger partial charge < -0.3 is 5.32 Å². The van der Waals surface area contributed by atoms with E-state index in [1.807, 2.05) is 97.2 Å². The van der Waals surface area contributed by atoms with E-state index < -0.39 is 0 Å². The second-order valence-corrected chi connectivity index (χ2v) is 9.57. The van der Waals surface area contributed by atoms with Gasteiger partial charge in [0.15, 0.2) is 5.13 Å². The van der Waals surface area contributed by atoms with Gasteiger partial charge in [-0.1, -0.05) is 102 Å². The van der Waals surface area contributed by atoms with Crippen molar-refractivity contribution in [2.75, 3.05) is 11.1 Å². The van der Waals surface area contributed by atoms with E-state index >= 15 is 0 Å². The number of thioether (sulfide) groups is 1. The molecule has 6 nitrogen and oxygen atoms in total. The van der Waals surface area contributed by atoms with Gasteiger partial charge in [0, 0.05) is 22.1 Å². The van der Waals surface area contributed by atoms with Crippen LogP contribution in [-0.2, 0) is 4.79 Å². The van der Waals surface area contributed by atoms with Crippen LogP contribution < -0.4 is 5.32 Å². The third-order valence-corrected chi connectivity index (χ3v) is 6.79. The Morgan fingerprint density at radius 2 is 1.46 bits per heavy atom. The van der Waals surface area contributed by atoms with Crippen LogP contribution in [0.3, 0.4) is 0 Å². The number of hydrogen-bond donors (Lipinski definition) is 1. The lowest BCUT2D eigenvalue weighted by atomic mass is 10.0. The molecule has 0 spiro atoms. The Morgan fingerprint density at radius 1 is 0.800 bits per heavy atom. The molecule has 0 bridgehead atoms. The molecule has 0 atom stereocenters. The number of benzene rings is 3. The van der Waals surface area contributed by atoms with E-state index in [1.54, 1.807) is 0 Å². The maximum Gasteiger partial charge on any atom is 0.236 e. The van der Waals surface area contributed by atoms with Crippen molar-refractivity contribution in [3.05, 3.63) is 95.9 Å². The summed E-state index contributed by atoms with van der Waals surface area (Å²) in [4.78, 5) is 21.9. The Hall–Kier alpha value is -3.88. The predicted octanol–water partition coefficient (Wildman–Crippen LogP) is 6.37. The van der Waals surface area contributed by atoms with Crippen molar-refractivity contribution in [1.29, 1.82) is 0 Å². The fourth-order valence-electron chi connectivity index (χ4n) is 3.43. The van der Waals surface area contributed by atoms with Crippen molar-refractivity contribution >= 4 is 34.1 Å². The molecule has 2 heterocycles. The van der Waals surface area contributed by atoms with Crippen molar-refractivity contribution in [3.8, 4) is 33.8 Å². The van der Waals surface area contributed by atoms with Gasteiger partial charge in [-0.2, -0.15) is 0 Å². The van der Waals surface area contributed by atoms with Gasteiger partial charge in [0.05, 0.1) is 11.4 Å². The number of aromatic nitrogens is 4. The highest BCUT2D eigenvalue weighted by Gasteiger charge is 2.15. The highest BCUT2D eigenvalue weighted by Crippen LogP contribution is 2.30. The Bertz CT molecular complexity index is 1440. The molecule has 35 heavy (non-hydrogen) atoms. The molecule has 0 fully saturated rings. The first-order valence-corrected chi connectivity index (χ1v) is 12.8. The summed E-state index contributed by atoms with van der Waals surface area (Å²) < 4.78 is 0. The molecule has 3 aromatic carbocycles. The van der Waals surface area contributed by atoms with E-state index in [0.29, 0.717) is 16.0 Å². The number of nitrogens with one attached hydrogen (secondary N) is 1. The number of carbonyl (C=O) groups is 1. The topological polar surface area (TPSA) is 80.7 Å². The first kappa shape index (κ1) is 22.9. The van der Waals surface area contributed by atoms with Crippen molar-refractivity contribution in [3.63, 3.8) is 0 Å². The molecule has 0 aliphatic rings. The van der Waals surface area contributed by atoms with Crippen LogP contribution in [0.25, 0.3) is 33.8 Å². The van der Waals surface area contributed by atoms with E-state index in [1.165, 1.54) is 28.7 Å². The maximum absolute atomic E-state index is 12.6. The van der Waals surface area contributed by atoms with Crippen LogP contribution in [0.1, 0.15) is 5.56 Å². The second kappa shape index (κ2) is 10.6. The summed E-state index contributed by atoms with van der Waals surface area (Å²) in [6, 6.07) is 27.9. The number of nitrogens with zero attached hydrogens (tertiary/aromatic N) is 4. The second-order valence-electron chi connectivity index (χ2n) is 7.76. The predicted molar refractivity (Wildman–Crippen MR) is 142 cm³/mol. The van der Waals surface area contributed by atoms with Crippen LogP contribution >= 0.6 is 23.1 Å². The summed E-state index contributed by atoms with van der Waals surface area (Å²) in [5.41, 5.74) is 6.38. The Labute approximate surface area is 211 Å². The summed E-state index contributed by atoms with van der Waals surface area (Å²) in [5.74, 6) is -0.0168. The highest BCUT2D eigenvalue weighted by molar-refractivity contribution is 7.99. The average Bonchev–Trinajstić information content (AvgIpc) is 3.37. The summed E-state index contributed by atoms with van der Waals surface area (Å²) in [6.07, 6.45) is 0. The zero-order valence-corrected chi connectivity index (χ0v) is 20.5. The summed E-state index contributed by atoms with van der Waals surface area (Å²) in [5, 5.41) is 14.6. The minimum Gasteiger partial charge on any atom is -0.301 e. The van der Waals surface area contributed by atoms with Crippen LogP contribution in [-0.4, -0.2) is 31.8 Å². The average molecular weight is 496 g/mol. The summed E-state index contributed by atoms with van der Waals surface area (Å²) in [7, 11) is 0. The molecule has 5 rings (SSSR count). The molecule has 1 N–H and O–H groups in total. The zero-order chi connectivity index (χ0) is 24.0. The number of carbonyl (C=O) groups excluding carboxylic acids is 1. The zero-order valence-electron chi connectivity index (χ0n) is 18.9. The monoisotopic (exact) mass is 495 g/mol. The largest absolute Gasteiger partial charge is 0.301 e. The van der Waals surface area contributed by atoms with E-state index in [4.69, 9.17) is 4.98 Å². The van der Waals surface area contributed by atoms with Crippen molar-refractivity contribution in [2.45, 2.75) is 12.1 Å². The van der Waals surface area contributed by atoms with Gasteiger partial charge in [-0.05, 0) is 6.92 Å². The molecule has 0 saturated heterocycles. The maximum atomic E-state index is 12.6. The Morgan fingerprint density at radius 3 is 2.14 bits per heavy atom. The van der Waals surface area contributed by atoms with E-state index in [-0.39, 0.29) is 11.7 Å². The van der Waals surface area contributed by atoms with Gasteiger partial charge in [-0.15, -0.1) is 21.5 Å². The van der Waals surface area contributed by atoms with Gasteiger partial charge in [0.25, 0.3) is 0 Å². The number of anilines is 1. The summed E-state index contributed by atoms with van der Waals surface area (Å²) in [6.45, 7) is 2.05. The highest BCUT2D eigenvalue weighted by atomic mass is 32.2. The molecule has 0 radical (unpaired) electrons. The van der Waals surface area contributed by atoms with Gasteiger partial charge in [0.1, 0.15) is 11.4 Å². The molecule has 0 saturated carbocycles. The molecule has 1 amide bonds. The summed E-state index contributed by atoms with van der Waals surface area (Å²) >= 11 is 2.65. The quantitative estimate of drug-likeness (QED) is 0.264. The number of rotatable bonds is 7. The Kier molecular flexibility index (Phi) is 6.92. The third-order valence-electron chi connectivity index (χ3n) is 5.19. The van der Waals surface area contributed by atoms with E-state index in [9.17, 15) is 4.79 Å². The molecule has 0 aliphatic heterocycles. The van der Waals surface area contributed by atoms with Crippen molar-refractivity contribution in [1.82, 2.24) is 20.2 Å². The van der Waals surface area contributed by atoms with Crippen LogP contribution in [0.4, 0.5) is 5.13 Å². The molecule has 0 aliphatic carbocycles. The third kappa shape index (κ3) is 5.62. The lowest BCUT2D eigenvalue weighted by molar-refractivity contribution is -0.113. The smallest absolute Gasteiger partial charge is 0.236 e. The fourth-order valence-corrected chi connectivity index (χ4v) is 4.76. The molecule has 0 unspecified atom stereocenters. The standard InChI is InChI=1S/C27H21N5OS2/c1-18-12-14-19(15-13-18)22-16-34-26(28-22)29-23(33)17-35-27-30-24(20-8-4-2-5-9-20)25(31-32-27)21-10-6-3-7-11-21/h2-16H,17H2,1H3,(H,28,29,33). The molecular weight excluding hydrogens is 474 g/mol. The first-order valence-electron chi connectivity index (χ1n) is 11.0. The normalized spacial score (nSPS) is 10.8.